The van der Waals surface area contributed by atoms with Gasteiger partial charge in [0.2, 0.25) is 0 Å². The normalized spacial score (nSPS) is 20.0. The van der Waals surface area contributed by atoms with Gasteiger partial charge in [-0.1, -0.05) is 41.8 Å². The first-order valence-electron chi connectivity index (χ1n) is 8.53. The first kappa shape index (κ1) is 15.4. The molecule has 1 heterocycles. The van der Waals surface area contributed by atoms with Crippen molar-refractivity contribution in [2.45, 2.75) is 58.0 Å². The van der Waals surface area contributed by atoms with Gasteiger partial charge in [0.25, 0.3) is 0 Å². The fraction of sp³-hybridized carbons (Fsp3) is 0.667. The third-order valence-electron chi connectivity index (χ3n) is 4.86. The summed E-state index contributed by atoms with van der Waals surface area (Å²) in [5.74, 6) is 0.950. The lowest BCUT2D eigenvalue weighted by molar-refractivity contribution is 0.378. The van der Waals surface area contributed by atoms with Crippen LogP contribution in [0.5, 0.6) is 0 Å². The number of anilines is 1. The second-order valence-electron chi connectivity index (χ2n) is 6.65. The molecule has 2 fully saturated rings. The monoisotopic (exact) mass is 350 g/mol. The minimum atomic E-state index is 0.775. The second kappa shape index (κ2) is 7.15. The summed E-state index contributed by atoms with van der Waals surface area (Å²) in [4.78, 5) is 2.60. The van der Waals surface area contributed by atoms with Gasteiger partial charge in [-0.05, 0) is 49.3 Å². The van der Waals surface area contributed by atoms with E-state index < -0.39 is 0 Å². The molecule has 116 valence electrons. The maximum atomic E-state index is 3.66. The fourth-order valence-corrected chi connectivity index (χ4v) is 3.74. The summed E-state index contributed by atoms with van der Waals surface area (Å²) in [6.07, 6.45) is 8.16. The van der Waals surface area contributed by atoms with Gasteiger partial charge in [0.05, 0.1) is 0 Å². The molecular weight excluding hydrogens is 324 g/mol. The molecule has 2 nitrogen and oxygen atoms in total. The lowest BCUT2D eigenvalue weighted by atomic mass is 9.92. The first-order chi connectivity index (χ1) is 10.3. The number of benzene rings is 1. The summed E-state index contributed by atoms with van der Waals surface area (Å²) in [6, 6.07) is 7.55. The molecule has 1 aliphatic carbocycles. The Morgan fingerprint density at radius 2 is 1.95 bits per heavy atom. The molecule has 0 atom stereocenters. The molecule has 1 aromatic carbocycles. The average Bonchev–Trinajstić information content (AvgIpc) is 3.31. The smallest absolute Gasteiger partial charge is 0.0423 e. The molecule has 1 aromatic rings. The highest BCUT2D eigenvalue weighted by molar-refractivity contribution is 9.10. The first-order valence-corrected chi connectivity index (χ1v) is 9.32. The molecular formula is C18H27BrN2. The lowest BCUT2D eigenvalue weighted by Crippen LogP contribution is -2.34. The van der Waals surface area contributed by atoms with Crippen LogP contribution in [0.3, 0.4) is 0 Å². The zero-order valence-corrected chi connectivity index (χ0v) is 14.7. The highest BCUT2D eigenvalue weighted by atomic mass is 79.9. The van der Waals surface area contributed by atoms with E-state index >= 15 is 0 Å². The zero-order valence-electron chi connectivity index (χ0n) is 13.1. The van der Waals surface area contributed by atoms with E-state index in [4.69, 9.17) is 0 Å². The van der Waals surface area contributed by atoms with Crippen molar-refractivity contribution >= 4 is 21.6 Å². The summed E-state index contributed by atoms with van der Waals surface area (Å²) in [5, 5.41) is 3.66. The molecule has 0 aromatic heterocycles. The Hall–Kier alpha value is -0.540. The molecule has 0 bridgehead atoms. The van der Waals surface area contributed by atoms with E-state index in [9.17, 15) is 0 Å². The van der Waals surface area contributed by atoms with Crippen LogP contribution in [0, 0.1) is 5.92 Å². The second-order valence-corrected chi connectivity index (χ2v) is 7.56. The number of nitrogens with zero attached hydrogens (tertiary/aromatic N) is 1. The van der Waals surface area contributed by atoms with Crippen LogP contribution in [0.4, 0.5) is 5.69 Å². The van der Waals surface area contributed by atoms with E-state index in [0.29, 0.717) is 0 Å². The lowest BCUT2D eigenvalue weighted by Gasteiger charge is -2.35. The van der Waals surface area contributed by atoms with E-state index in [0.717, 1.165) is 18.5 Å². The van der Waals surface area contributed by atoms with Crippen LogP contribution in [0.15, 0.2) is 22.7 Å². The van der Waals surface area contributed by atoms with Crippen molar-refractivity contribution in [3.8, 4) is 0 Å². The quantitative estimate of drug-likeness (QED) is 0.798. The standard InChI is InChI=1S/C18H27BrN2/c1-2-3-14-8-10-21(11-9-14)18-12-16(19)5-4-15(18)13-20-17-6-7-17/h4-5,12,14,17,20H,2-3,6-11,13H2,1H3. The Balaban J connectivity index is 1.66. The van der Waals surface area contributed by atoms with Crippen LogP contribution >= 0.6 is 15.9 Å². The van der Waals surface area contributed by atoms with Gasteiger partial charge in [-0.2, -0.15) is 0 Å². The number of rotatable bonds is 6. The predicted molar refractivity (Wildman–Crippen MR) is 93.8 cm³/mol. The molecule has 0 radical (unpaired) electrons. The average molecular weight is 351 g/mol. The van der Waals surface area contributed by atoms with Crippen molar-refractivity contribution < 1.29 is 0 Å². The summed E-state index contributed by atoms with van der Waals surface area (Å²) >= 11 is 3.64. The molecule has 3 heteroatoms. The van der Waals surface area contributed by atoms with E-state index in [1.165, 1.54) is 67.3 Å². The van der Waals surface area contributed by atoms with Crippen LogP contribution in [0.1, 0.15) is 51.0 Å². The highest BCUT2D eigenvalue weighted by Gasteiger charge is 2.23. The van der Waals surface area contributed by atoms with E-state index in [2.05, 4.69) is 51.3 Å². The number of piperidine rings is 1. The molecule has 0 spiro atoms. The van der Waals surface area contributed by atoms with E-state index in [-0.39, 0.29) is 0 Å². The Kier molecular flexibility index (Phi) is 5.23. The van der Waals surface area contributed by atoms with Gasteiger partial charge in [-0.15, -0.1) is 0 Å². The Labute approximate surface area is 137 Å². The van der Waals surface area contributed by atoms with Gasteiger partial charge in [0.1, 0.15) is 0 Å². The number of hydrogen-bond acceptors (Lipinski definition) is 2. The van der Waals surface area contributed by atoms with Gasteiger partial charge >= 0.3 is 0 Å². The molecule has 1 saturated carbocycles. The molecule has 1 N–H and O–H groups in total. The number of hydrogen-bond donors (Lipinski definition) is 1. The number of halogens is 1. The topological polar surface area (TPSA) is 15.3 Å². The third kappa shape index (κ3) is 4.23. The van der Waals surface area contributed by atoms with Crippen LogP contribution in [0.2, 0.25) is 0 Å². The minimum absolute atomic E-state index is 0.775. The van der Waals surface area contributed by atoms with Crippen molar-refractivity contribution in [1.29, 1.82) is 0 Å². The van der Waals surface area contributed by atoms with Gasteiger partial charge in [-0.3, -0.25) is 0 Å². The fourth-order valence-electron chi connectivity index (χ4n) is 3.39. The zero-order chi connectivity index (χ0) is 14.7. The van der Waals surface area contributed by atoms with Crippen molar-refractivity contribution in [1.82, 2.24) is 5.32 Å². The summed E-state index contributed by atoms with van der Waals surface area (Å²) in [5.41, 5.74) is 2.89. The minimum Gasteiger partial charge on any atom is -0.371 e. The SMILES string of the molecule is CCCC1CCN(c2cc(Br)ccc2CNC2CC2)CC1. The maximum absolute atomic E-state index is 3.66. The summed E-state index contributed by atoms with van der Waals surface area (Å²) in [7, 11) is 0. The molecule has 1 saturated heterocycles. The largest absolute Gasteiger partial charge is 0.371 e. The van der Waals surface area contributed by atoms with Gasteiger partial charge < -0.3 is 10.2 Å². The van der Waals surface area contributed by atoms with Crippen molar-refractivity contribution in [2.75, 3.05) is 18.0 Å². The number of nitrogens with one attached hydrogen (secondary N) is 1. The van der Waals surface area contributed by atoms with Crippen LogP contribution in [0.25, 0.3) is 0 Å². The van der Waals surface area contributed by atoms with Gasteiger partial charge in [-0.25, -0.2) is 0 Å². The molecule has 0 unspecified atom stereocenters. The molecule has 21 heavy (non-hydrogen) atoms. The molecule has 1 aliphatic heterocycles. The van der Waals surface area contributed by atoms with Crippen molar-refractivity contribution in [3.05, 3.63) is 28.2 Å². The van der Waals surface area contributed by atoms with Crippen LogP contribution in [-0.4, -0.2) is 19.1 Å². The highest BCUT2D eigenvalue weighted by Crippen LogP contribution is 2.31. The molecule has 3 rings (SSSR count). The Morgan fingerprint density at radius 3 is 2.62 bits per heavy atom. The predicted octanol–water partition coefficient (Wildman–Crippen LogP) is 4.72. The molecule has 2 aliphatic rings. The van der Waals surface area contributed by atoms with E-state index in [1.807, 2.05) is 0 Å². The Bertz CT molecular complexity index is 462. The Morgan fingerprint density at radius 1 is 1.19 bits per heavy atom. The van der Waals surface area contributed by atoms with Crippen molar-refractivity contribution in [2.24, 2.45) is 5.92 Å². The van der Waals surface area contributed by atoms with Gasteiger partial charge in [0.15, 0.2) is 0 Å². The maximum Gasteiger partial charge on any atom is 0.0423 e. The van der Waals surface area contributed by atoms with Gasteiger partial charge in [0, 0.05) is 35.8 Å². The van der Waals surface area contributed by atoms with Crippen LogP contribution < -0.4 is 10.2 Å². The van der Waals surface area contributed by atoms with E-state index in [1.54, 1.807) is 0 Å². The summed E-state index contributed by atoms with van der Waals surface area (Å²) < 4.78 is 1.20. The summed E-state index contributed by atoms with van der Waals surface area (Å²) in [6.45, 7) is 5.76. The van der Waals surface area contributed by atoms with Crippen molar-refractivity contribution in [3.63, 3.8) is 0 Å². The van der Waals surface area contributed by atoms with Crippen LogP contribution in [-0.2, 0) is 6.54 Å². The molecule has 0 amide bonds. The third-order valence-corrected chi connectivity index (χ3v) is 5.35.